The minimum Gasteiger partial charge on any atom is -0.378 e. The molecule has 3 heteroatoms. The number of allylic oxidation sites excluding steroid dienone is 2. The van der Waals surface area contributed by atoms with E-state index in [0.29, 0.717) is 0 Å². The highest BCUT2D eigenvalue weighted by Crippen LogP contribution is 2.42. The molecule has 1 aliphatic carbocycles. The summed E-state index contributed by atoms with van der Waals surface area (Å²) >= 11 is 0. The molecule has 11 rings (SSSR count). The maximum absolute atomic E-state index is 3.83. The Hall–Kier alpha value is -8.40. The number of para-hydroxylation sites is 3. The fourth-order valence-electron chi connectivity index (χ4n) is 9.36. The molecule has 0 amide bonds. The molecular formula is C62H47N3. The number of nitrogens with zero attached hydrogens (tertiary/aromatic N) is 2. The topological polar surface area (TPSA) is 18.5 Å². The van der Waals surface area contributed by atoms with Gasteiger partial charge in [0.25, 0.3) is 0 Å². The van der Waals surface area contributed by atoms with Crippen LogP contribution in [0.15, 0.2) is 267 Å². The predicted octanol–water partition coefficient (Wildman–Crippen LogP) is 16.8. The molecule has 0 radical (unpaired) electrons. The second-order valence-electron chi connectivity index (χ2n) is 16.6. The first-order valence-electron chi connectivity index (χ1n) is 22.4. The predicted molar refractivity (Wildman–Crippen MR) is 276 cm³/mol. The molecule has 2 unspecified atom stereocenters. The van der Waals surface area contributed by atoms with Crippen LogP contribution in [0.5, 0.6) is 0 Å². The van der Waals surface area contributed by atoms with Crippen molar-refractivity contribution >= 4 is 66.9 Å². The summed E-state index contributed by atoms with van der Waals surface area (Å²) in [5, 5.41) is 8.72. The Balaban J connectivity index is 0.901. The van der Waals surface area contributed by atoms with Gasteiger partial charge in [-0.2, -0.15) is 0 Å². The zero-order valence-electron chi connectivity index (χ0n) is 36.0. The van der Waals surface area contributed by atoms with Crippen LogP contribution in [0, 0.1) is 0 Å². The summed E-state index contributed by atoms with van der Waals surface area (Å²) in [5.74, 6) is 0.0999. The van der Waals surface area contributed by atoms with Crippen LogP contribution < -0.4 is 15.1 Å². The maximum atomic E-state index is 3.83. The third kappa shape index (κ3) is 8.08. The second-order valence-corrected chi connectivity index (χ2v) is 16.6. The Morgan fingerprint density at radius 3 is 1.28 bits per heavy atom. The molecule has 0 fully saturated rings. The average Bonchev–Trinajstić information content (AvgIpc) is 3.38. The molecule has 0 heterocycles. The molecule has 1 aliphatic rings. The van der Waals surface area contributed by atoms with E-state index in [1.165, 1.54) is 49.4 Å². The lowest BCUT2D eigenvalue weighted by molar-refractivity contribution is 0.759. The van der Waals surface area contributed by atoms with Crippen LogP contribution in [-0.2, 0) is 0 Å². The lowest BCUT2D eigenvalue weighted by atomic mass is 9.83. The van der Waals surface area contributed by atoms with Gasteiger partial charge in [-0.15, -0.1) is 0 Å². The van der Waals surface area contributed by atoms with E-state index >= 15 is 0 Å². The van der Waals surface area contributed by atoms with E-state index in [1.807, 2.05) is 0 Å². The van der Waals surface area contributed by atoms with Crippen molar-refractivity contribution in [1.82, 2.24) is 0 Å². The number of anilines is 7. The highest BCUT2D eigenvalue weighted by Gasteiger charge is 2.24. The van der Waals surface area contributed by atoms with E-state index in [4.69, 9.17) is 0 Å². The Morgan fingerprint density at radius 2 is 0.754 bits per heavy atom. The van der Waals surface area contributed by atoms with Crippen molar-refractivity contribution in [2.24, 2.45) is 0 Å². The third-order valence-corrected chi connectivity index (χ3v) is 12.6. The molecule has 0 saturated carbocycles. The summed E-state index contributed by atoms with van der Waals surface area (Å²) in [6.45, 7) is 0. The number of nitrogens with one attached hydrogen (secondary N) is 1. The van der Waals surface area contributed by atoms with E-state index in [9.17, 15) is 0 Å². The number of benzene rings is 10. The van der Waals surface area contributed by atoms with E-state index < -0.39 is 0 Å². The maximum Gasteiger partial charge on any atom is 0.0551 e. The lowest BCUT2D eigenvalue weighted by Gasteiger charge is -2.29. The normalized spacial score (nSPS) is 14.5. The van der Waals surface area contributed by atoms with Crippen LogP contribution in [0.2, 0.25) is 0 Å². The van der Waals surface area contributed by atoms with Crippen LogP contribution >= 0.6 is 0 Å². The summed E-state index contributed by atoms with van der Waals surface area (Å²) in [5.41, 5.74) is 13.9. The minimum absolute atomic E-state index is 0.0727. The van der Waals surface area contributed by atoms with Gasteiger partial charge in [0.2, 0.25) is 0 Å². The Bertz CT molecular complexity index is 3260. The van der Waals surface area contributed by atoms with Crippen molar-refractivity contribution in [1.29, 1.82) is 0 Å². The van der Waals surface area contributed by atoms with Crippen molar-refractivity contribution in [3.8, 4) is 11.1 Å². The van der Waals surface area contributed by atoms with Crippen LogP contribution in [-0.4, -0.2) is 6.04 Å². The molecule has 10 aromatic carbocycles. The zero-order chi connectivity index (χ0) is 43.4. The monoisotopic (exact) mass is 833 g/mol. The average molecular weight is 834 g/mol. The van der Waals surface area contributed by atoms with Gasteiger partial charge in [0.1, 0.15) is 0 Å². The highest BCUT2D eigenvalue weighted by molar-refractivity contribution is 6.00. The Morgan fingerprint density at radius 1 is 0.338 bits per heavy atom. The molecule has 0 saturated heterocycles. The second kappa shape index (κ2) is 17.8. The van der Waals surface area contributed by atoms with Gasteiger partial charge < -0.3 is 15.1 Å². The molecule has 65 heavy (non-hydrogen) atoms. The Labute approximate surface area is 381 Å². The first-order valence-corrected chi connectivity index (χ1v) is 22.4. The summed E-state index contributed by atoms with van der Waals surface area (Å²) in [7, 11) is 0. The molecule has 310 valence electrons. The van der Waals surface area contributed by atoms with Crippen molar-refractivity contribution in [3.63, 3.8) is 0 Å². The fraction of sp³-hybridized carbons (Fsp3) is 0.0323. The number of fused-ring (bicyclic) bond motifs is 2. The minimum atomic E-state index is 0.0727. The summed E-state index contributed by atoms with van der Waals surface area (Å²) < 4.78 is 0. The zero-order valence-corrected chi connectivity index (χ0v) is 36.0. The van der Waals surface area contributed by atoms with Gasteiger partial charge in [0.05, 0.1) is 17.4 Å². The van der Waals surface area contributed by atoms with Gasteiger partial charge >= 0.3 is 0 Å². The van der Waals surface area contributed by atoms with Gasteiger partial charge in [0, 0.05) is 45.1 Å². The van der Waals surface area contributed by atoms with E-state index in [1.54, 1.807) is 0 Å². The molecule has 0 bridgehead atoms. The molecular weight excluding hydrogens is 787 g/mol. The summed E-state index contributed by atoms with van der Waals surface area (Å²) in [4.78, 5) is 4.72. The van der Waals surface area contributed by atoms with E-state index in [2.05, 4.69) is 282 Å². The van der Waals surface area contributed by atoms with Gasteiger partial charge in [0.15, 0.2) is 0 Å². The van der Waals surface area contributed by atoms with Crippen LogP contribution in [0.1, 0.15) is 17.0 Å². The third-order valence-electron chi connectivity index (χ3n) is 12.6. The highest BCUT2D eigenvalue weighted by atomic mass is 15.1. The van der Waals surface area contributed by atoms with Gasteiger partial charge in [-0.25, -0.2) is 0 Å². The van der Waals surface area contributed by atoms with Gasteiger partial charge in [-0.3, -0.25) is 0 Å². The van der Waals surface area contributed by atoms with E-state index in [0.717, 1.165) is 39.8 Å². The number of hydrogen-bond acceptors (Lipinski definition) is 3. The lowest BCUT2D eigenvalue weighted by Crippen LogP contribution is -2.26. The van der Waals surface area contributed by atoms with Crippen LogP contribution in [0.3, 0.4) is 0 Å². The molecule has 1 N–H and O–H groups in total. The summed E-state index contributed by atoms with van der Waals surface area (Å²) in [6, 6.07) is 89.4. The van der Waals surface area contributed by atoms with Crippen molar-refractivity contribution in [3.05, 3.63) is 278 Å². The van der Waals surface area contributed by atoms with Crippen LogP contribution in [0.4, 0.5) is 39.8 Å². The fourth-order valence-corrected chi connectivity index (χ4v) is 9.36. The smallest absolute Gasteiger partial charge is 0.0551 e. The van der Waals surface area contributed by atoms with E-state index in [-0.39, 0.29) is 12.0 Å². The number of rotatable bonds is 11. The van der Waals surface area contributed by atoms with Crippen LogP contribution in [0.25, 0.3) is 38.2 Å². The molecule has 0 spiro atoms. The molecule has 2 atom stereocenters. The molecule has 10 aromatic rings. The Kier molecular flexibility index (Phi) is 10.8. The molecule has 0 aromatic heterocycles. The van der Waals surface area contributed by atoms with Crippen molar-refractivity contribution in [2.45, 2.75) is 12.0 Å². The largest absolute Gasteiger partial charge is 0.378 e. The molecule has 3 nitrogen and oxygen atoms in total. The standard InChI is InChI=1S/C62H47N3/c1-4-20-52(21-5-1)63-60-43-38-51(47-36-41-56(42-37-47)65(54-24-8-3-9-25-54)62-29-15-19-49-17-11-13-27-58(49)62)44-59(60)50-32-30-45(31-33-50)46-34-39-55(40-35-46)64(53-22-6-2-7-23-53)61-28-14-18-48-16-10-12-26-57(48)61/h1-44,59-60,63H. The van der Waals surface area contributed by atoms with Gasteiger partial charge in [-0.05, 0) is 111 Å². The van der Waals surface area contributed by atoms with Crippen molar-refractivity contribution in [2.75, 3.05) is 15.1 Å². The molecule has 0 aliphatic heterocycles. The quantitative estimate of drug-likeness (QED) is 0.140. The van der Waals surface area contributed by atoms with Gasteiger partial charge in [-0.1, -0.05) is 194 Å². The first kappa shape index (κ1) is 39.4. The summed E-state index contributed by atoms with van der Waals surface area (Å²) in [6.07, 6.45) is 7.04. The SMILES string of the molecule is C1=CC(Nc2ccccc2)C(c2ccc(-c3ccc(N(c4ccccc4)c4cccc5ccccc45)cc3)cc2)C=C1c1ccc(N(c2ccccc2)c2cccc3ccccc23)cc1. The number of hydrogen-bond donors (Lipinski definition) is 1. The first-order chi connectivity index (χ1) is 32.2. The van der Waals surface area contributed by atoms with Crippen molar-refractivity contribution < 1.29 is 0 Å².